The second kappa shape index (κ2) is 9.79. The predicted molar refractivity (Wildman–Crippen MR) is 138 cm³/mol. The largest absolute Gasteiger partial charge is 0.497 e. The standard InChI is InChI=1S/C24H20Cl2N4O2S/c1-30-20-11-10-14(25)12-18(20)21(17-8-3-4-9-19(17)26)28-22(23(30)31)29-24(33)27-15-6-5-7-16(13-15)32-2/h3-13,22H,1-2H3,(H2,27,29,33). The molecule has 0 aromatic heterocycles. The van der Waals surface area contributed by atoms with Crippen LogP contribution in [0.25, 0.3) is 0 Å². The minimum absolute atomic E-state index is 0.237. The van der Waals surface area contributed by atoms with Crippen LogP contribution in [0.1, 0.15) is 11.1 Å². The normalized spacial score (nSPS) is 15.3. The summed E-state index contributed by atoms with van der Waals surface area (Å²) in [4.78, 5) is 19.6. The molecule has 0 saturated heterocycles. The molecule has 3 aromatic rings. The van der Waals surface area contributed by atoms with Gasteiger partial charge in [0.05, 0.1) is 18.5 Å². The number of thiocarbonyl (C=S) groups is 1. The Morgan fingerprint density at radius 1 is 1.06 bits per heavy atom. The summed E-state index contributed by atoms with van der Waals surface area (Å²) in [6.45, 7) is 0. The van der Waals surface area contributed by atoms with Gasteiger partial charge in [0.2, 0.25) is 6.17 Å². The van der Waals surface area contributed by atoms with E-state index in [0.29, 0.717) is 44.0 Å². The first kappa shape index (κ1) is 23.0. The van der Waals surface area contributed by atoms with E-state index in [1.165, 1.54) is 4.90 Å². The predicted octanol–water partition coefficient (Wildman–Crippen LogP) is 5.13. The van der Waals surface area contributed by atoms with Gasteiger partial charge < -0.3 is 20.3 Å². The molecule has 6 nitrogen and oxygen atoms in total. The number of anilines is 2. The summed E-state index contributed by atoms with van der Waals surface area (Å²) in [6.07, 6.45) is -0.988. The van der Waals surface area contributed by atoms with Gasteiger partial charge in [-0.05, 0) is 48.6 Å². The van der Waals surface area contributed by atoms with Crippen molar-refractivity contribution in [3.05, 3.63) is 87.9 Å². The monoisotopic (exact) mass is 498 g/mol. The van der Waals surface area contributed by atoms with Crippen LogP contribution >= 0.6 is 35.4 Å². The van der Waals surface area contributed by atoms with Crippen molar-refractivity contribution in [3.8, 4) is 5.75 Å². The summed E-state index contributed by atoms with van der Waals surface area (Å²) in [5.74, 6) is 0.398. The molecule has 1 unspecified atom stereocenters. The number of amides is 1. The van der Waals surface area contributed by atoms with Gasteiger partial charge in [-0.3, -0.25) is 4.79 Å². The third-order valence-electron chi connectivity index (χ3n) is 5.12. The highest BCUT2D eigenvalue weighted by Crippen LogP contribution is 2.31. The number of nitrogens with zero attached hydrogens (tertiary/aromatic N) is 2. The average Bonchev–Trinajstić information content (AvgIpc) is 2.90. The number of benzodiazepines with no additional fused rings is 1. The molecule has 33 heavy (non-hydrogen) atoms. The van der Waals surface area contributed by atoms with Gasteiger partial charge >= 0.3 is 0 Å². The van der Waals surface area contributed by atoms with Crippen LogP contribution in [-0.4, -0.2) is 37.1 Å². The van der Waals surface area contributed by atoms with Crippen LogP contribution < -0.4 is 20.3 Å². The molecule has 0 spiro atoms. The first-order valence-electron chi connectivity index (χ1n) is 9.99. The zero-order valence-electron chi connectivity index (χ0n) is 17.8. The van der Waals surface area contributed by atoms with Crippen LogP contribution in [0.4, 0.5) is 11.4 Å². The van der Waals surface area contributed by atoms with Crippen molar-refractivity contribution in [1.82, 2.24) is 5.32 Å². The third-order valence-corrected chi connectivity index (χ3v) is 5.91. The van der Waals surface area contributed by atoms with Crippen molar-refractivity contribution in [2.45, 2.75) is 6.17 Å². The highest BCUT2D eigenvalue weighted by molar-refractivity contribution is 7.80. The van der Waals surface area contributed by atoms with Crippen molar-refractivity contribution in [1.29, 1.82) is 0 Å². The first-order valence-corrected chi connectivity index (χ1v) is 11.2. The van der Waals surface area contributed by atoms with Crippen molar-refractivity contribution < 1.29 is 9.53 Å². The number of carbonyl (C=O) groups excluding carboxylic acids is 1. The van der Waals surface area contributed by atoms with Crippen LogP contribution in [0, 0.1) is 0 Å². The number of benzene rings is 3. The minimum atomic E-state index is -0.988. The number of rotatable bonds is 4. The van der Waals surface area contributed by atoms with Crippen LogP contribution in [0.15, 0.2) is 71.7 Å². The number of hydrogen-bond acceptors (Lipinski definition) is 4. The molecule has 0 radical (unpaired) electrons. The lowest BCUT2D eigenvalue weighted by molar-refractivity contribution is -0.119. The fourth-order valence-electron chi connectivity index (χ4n) is 3.50. The maximum atomic E-state index is 13.3. The Morgan fingerprint density at radius 3 is 2.61 bits per heavy atom. The summed E-state index contributed by atoms with van der Waals surface area (Å²) >= 11 is 18.3. The lowest BCUT2D eigenvalue weighted by atomic mass is 10.00. The van der Waals surface area contributed by atoms with E-state index in [1.54, 1.807) is 44.5 Å². The van der Waals surface area contributed by atoms with E-state index in [9.17, 15) is 4.79 Å². The number of nitrogens with one attached hydrogen (secondary N) is 2. The van der Waals surface area contributed by atoms with E-state index in [0.717, 1.165) is 0 Å². The molecule has 0 aliphatic carbocycles. The fourth-order valence-corrected chi connectivity index (χ4v) is 4.13. The Morgan fingerprint density at radius 2 is 1.85 bits per heavy atom. The molecule has 4 rings (SSSR count). The number of hydrogen-bond donors (Lipinski definition) is 2. The maximum Gasteiger partial charge on any atom is 0.272 e. The van der Waals surface area contributed by atoms with Gasteiger partial charge in [-0.15, -0.1) is 0 Å². The first-order chi connectivity index (χ1) is 15.9. The van der Waals surface area contributed by atoms with E-state index in [2.05, 4.69) is 10.6 Å². The molecule has 3 aromatic carbocycles. The molecule has 9 heteroatoms. The van der Waals surface area contributed by atoms with Crippen molar-refractivity contribution >= 4 is 63.5 Å². The Hall–Kier alpha value is -3.13. The second-order valence-electron chi connectivity index (χ2n) is 7.25. The highest BCUT2D eigenvalue weighted by Gasteiger charge is 2.31. The number of aliphatic imine (C=N–C) groups is 1. The average molecular weight is 499 g/mol. The van der Waals surface area contributed by atoms with Crippen molar-refractivity contribution in [2.24, 2.45) is 4.99 Å². The van der Waals surface area contributed by atoms with Gasteiger partial charge in [0.1, 0.15) is 5.75 Å². The molecule has 0 saturated carbocycles. The molecule has 1 atom stereocenters. The van der Waals surface area contributed by atoms with E-state index in [1.807, 2.05) is 36.4 Å². The van der Waals surface area contributed by atoms with Gasteiger partial charge in [-0.25, -0.2) is 4.99 Å². The Labute approximate surface area is 207 Å². The SMILES string of the molecule is COc1cccc(NC(=S)NC2N=C(c3ccccc3Cl)c3cc(Cl)ccc3N(C)C2=O)c1. The summed E-state index contributed by atoms with van der Waals surface area (Å²) in [5.41, 5.74) is 3.30. The number of fused-ring (bicyclic) bond motifs is 1. The van der Waals surface area contributed by atoms with Crippen LogP contribution in [-0.2, 0) is 4.79 Å². The Bertz CT molecular complexity index is 1260. The van der Waals surface area contributed by atoms with E-state index >= 15 is 0 Å². The lowest BCUT2D eigenvalue weighted by Crippen LogP contribution is -2.47. The molecule has 2 N–H and O–H groups in total. The second-order valence-corrected chi connectivity index (χ2v) is 8.50. The number of halogens is 2. The molecular formula is C24H20Cl2N4O2S. The van der Waals surface area contributed by atoms with Gasteiger partial charge in [0.15, 0.2) is 5.11 Å². The smallest absolute Gasteiger partial charge is 0.272 e. The molecule has 0 fully saturated rings. The summed E-state index contributed by atoms with van der Waals surface area (Å²) in [5, 5.41) is 7.36. The molecule has 1 heterocycles. The lowest BCUT2D eigenvalue weighted by Gasteiger charge is -2.22. The number of ether oxygens (including phenoxy) is 1. The topological polar surface area (TPSA) is 66.0 Å². The molecule has 0 bridgehead atoms. The highest BCUT2D eigenvalue weighted by atomic mass is 35.5. The number of methoxy groups -OCH3 is 1. The van der Waals surface area contributed by atoms with Crippen LogP contribution in [0.2, 0.25) is 10.0 Å². The molecule has 1 aliphatic rings. The van der Waals surface area contributed by atoms with E-state index in [4.69, 9.17) is 45.1 Å². The minimum Gasteiger partial charge on any atom is -0.497 e. The molecule has 168 valence electrons. The van der Waals surface area contributed by atoms with Crippen molar-refractivity contribution in [2.75, 3.05) is 24.4 Å². The quantitative estimate of drug-likeness (QED) is 0.488. The fraction of sp³-hybridized carbons (Fsp3) is 0.125. The van der Waals surface area contributed by atoms with Gasteiger partial charge in [-0.2, -0.15) is 0 Å². The van der Waals surface area contributed by atoms with E-state index in [-0.39, 0.29) is 11.0 Å². The van der Waals surface area contributed by atoms with Gasteiger partial charge in [0, 0.05) is 40.0 Å². The third kappa shape index (κ3) is 4.95. The maximum absolute atomic E-state index is 13.3. The van der Waals surface area contributed by atoms with Gasteiger partial charge in [-0.1, -0.05) is 47.5 Å². The van der Waals surface area contributed by atoms with Crippen LogP contribution in [0.3, 0.4) is 0 Å². The van der Waals surface area contributed by atoms with Gasteiger partial charge in [0.25, 0.3) is 5.91 Å². The molecule has 1 aliphatic heterocycles. The molecular weight excluding hydrogens is 479 g/mol. The van der Waals surface area contributed by atoms with Crippen molar-refractivity contribution in [3.63, 3.8) is 0 Å². The zero-order valence-corrected chi connectivity index (χ0v) is 20.1. The Kier molecular flexibility index (Phi) is 6.83. The summed E-state index contributed by atoms with van der Waals surface area (Å²) in [6, 6.07) is 19.9. The number of likely N-dealkylation sites (N-methyl/N-ethyl adjacent to an activating group) is 1. The zero-order chi connectivity index (χ0) is 23.5. The van der Waals surface area contributed by atoms with Crippen LogP contribution in [0.5, 0.6) is 5.75 Å². The van der Waals surface area contributed by atoms with E-state index < -0.39 is 6.17 Å². The molecule has 1 amide bonds. The Balaban J connectivity index is 1.72. The number of carbonyl (C=O) groups is 1. The summed E-state index contributed by atoms with van der Waals surface area (Å²) < 4.78 is 5.24. The summed E-state index contributed by atoms with van der Waals surface area (Å²) in [7, 11) is 3.28.